The predicted molar refractivity (Wildman–Crippen MR) is 73.4 cm³/mol. The van der Waals surface area contributed by atoms with Crippen molar-refractivity contribution in [3.05, 3.63) is 40.4 Å². The summed E-state index contributed by atoms with van der Waals surface area (Å²) in [5.41, 5.74) is 5.75. The highest BCUT2D eigenvalue weighted by atomic mass is 35.5. The van der Waals surface area contributed by atoms with Gasteiger partial charge in [0.15, 0.2) is 0 Å². The SMILES string of the molecule is Cc1[nH]nc(CN)c1S(=O)(=O)Nc1ccc(Cl)cc1F. The molecule has 4 N–H and O–H groups in total. The van der Waals surface area contributed by atoms with Crippen molar-refractivity contribution < 1.29 is 12.8 Å². The molecule has 0 amide bonds. The fourth-order valence-electron chi connectivity index (χ4n) is 1.73. The summed E-state index contributed by atoms with van der Waals surface area (Å²) < 4.78 is 40.3. The zero-order valence-corrected chi connectivity index (χ0v) is 12.0. The van der Waals surface area contributed by atoms with Gasteiger partial charge in [-0.1, -0.05) is 11.6 Å². The molecule has 20 heavy (non-hydrogen) atoms. The Bertz CT molecular complexity index is 745. The second-order valence-electron chi connectivity index (χ2n) is 4.06. The molecule has 2 rings (SSSR count). The molecule has 0 fully saturated rings. The lowest BCUT2D eigenvalue weighted by Crippen LogP contribution is -2.17. The first-order chi connectivity index (χ1) is 9.35. The molecule has 9 heteroatoms. The van der Waals surface area contributed by atoms with Gasteiger partial charge in [-0.05, 0) is 25.1 Å². The summed E-state index contributed by atoms with van der Waals surface area (Å²) in [6.07, 6.45) is 0. The van der Waals surface area contributed by atoms with Crippen LogP contribution in [0.4, 0.5) is 10.1 Å². The van der Waals surface area contributed by atoms with Crippen LogP contribution in [0.5, 0.6) is 0 Å². The van der Waals surface area contributed by atoms with Gasteiger partial charge in [-0.3, -0.25) is 9.82 Å². The van der Waals surface area contributed by atoms with Crippen molar-refractivity contribution in [2.75, 3.05) is 4.72 Å². The molecule has 0 saturated carbocycles. The Labute approximate surface area is 120 Å². The van der Waals surface area contributed by atoms with Crippen molar-refractivity contribution in [2.45, 2.75) is 18.4 Å². The summed E-state index contributed by atoms with van der Waals surface area (Å²) in [4.78, 5) is -0.0747. The van der Waals surface area contributed by atoms with Gasteiger partial charge in [0.1, 0.15) is 10.7 Å². The molecule has 6 nitrogen and oxygen atoms in total. The number of aromatic nitrogens is 2. The van der Waals surface area contributed by atoms with Crippen LogP contribution in [0.15, 0.2) is 23.1 Å². The van der Waals surface area contributed by atoms with Crippen molar-refractivity contribution in [3.63, 3.8) is 0 Å². The molecule has 0 aliphatic heterocycles. The van der Waals surface area contributed by atoms with Gasteiger partial charge in [-0.15, -0.1) is 0 Å². The number of aryl methyl sites for hydroxylation is 1. The van der Waals surface area contributed by atoms with Crippen molar-refractivity contribution in [2.24, 2.45) is 5.73 Å². The number of sulfonamides is 1. The maximum atomic E-state index is 13.6. The van der Waals surface area contributed by atoms with E-state index in [1.165, 1.54) is 12.1 Å². The van der Waals surface area contributed by atoms with E-state index in [2.05, 4.69) is 14.9 Å². The highest BCUT2D eigenvalue weighted by molar-refractivity contribution is 7.92. The largest absolute Gasteiger partial charge is 0.325 e. The van der Waals surface area contributed by atoms with Crippen LogP contribution in [-0.2, 0) is 16.6 Å². The smallest absolute Gasteiger partial charge is 0.265 e. The summed E-state index contributed by atoms with van der Waals surface area (Å²) >= 11 is 5.61. The van der Waals surface area contributed by atoms with E-state index < -0.39 is 15.8 Å². The van der Waals surface area contributed by atoms with Crippen LogP contribution in [0.25, 0.3) is 0 Å². The Balaban J connectivity index is 2.43. The van der Waals surface area contributed by atoms with Gasteiger partial charge < -0.3 is 5.73 Å². The fourth-order valence-corrected chi connectivity index (χ4v) is 3.34. The van der Waals surface area contributed by atoms with Gasteiger partial charge >= 0.3 is 0 Å². The number of H-pyrrole nitrogens is 1. The molecule has 0 spiro atoms. The molecule has 1 aromatic carbocycles. The second kappa shape index (κ2) is 5.39. The first-order valence-corrected chi connectivity index (χ1v) is 7.43. The van der Waals surface area contributed by atoms with E-state index in [9.17, 15) is 12.8 Å². The summed E-state index contributed by atoms with van der Waals surface area (Å²) in [6.45, 7) is 1.49. The monoisotopic (exact) mass is 318 g/mol. The Kier molecular flexibility index (Phi) is 3.98. The highest BCUT2D eigenvalue weighted by Crippen LogP contribution is 2.24. The van der Waals surface area contributed by atoms with Crippen molar-refractivity contribution in [1.82, 2.24) is 10.2 Å². The number of benzene rings is 1. The van der Waals surface area contributed by atoms with Crippen LogP contribution in [0.2, 0.25) is 5.02 Å². The average molecular weight is 319 g/mol. The van der Waals surface area contributed by atoms with E-state index in [0.717, 1.165) is 6.07 Å². The Morgan fingerprint density at radius 1 is 1.50 bits per heavy atom. The molecule has 0 saturated heterocycles. The lowest BCUT2D eigenvalue weighted by Gasteiger charge is -2.09. The molecule has 2 aromatic rings. The third-order valence-corrected chi connectivity index (χ3v) is 4.40. The predicted octanol–water partition coefficient (Wildman–Crippen LogP) is 1.77. The van der Waals surface area contributed by atoms with Gasteiger partial charge in [-0.2, -0.15) is 5.10 Å². The summed E-state index contributed by atoms with van der Waals surface area (Å²) in [5.74, 6) is -0.767. The highest BCUT2D eigenvalue weighted by Gasteiger charge is 2.24. The number of nitrogens with one attached hydrogen (secondary N) is 2. The van der Waals surface area contributed by atoms with Crippen LogP contribution in [-0.4, -0.2) is 18.6 Å². The average Bonchev–Trinajstić information content (AvgIpc) is 2.75. The Hall–Kier alpha value is -1.64. The molecule has 0 atom stereocenters. The van der Waals surface area contributed by atoms with Crippen LogP contribution in [0.3, 0.4) is 0 Å². The molecule has 0 radical (unpaired) electrons. The van der Waals surface area contributed by atoms with Gasteiger partial charge in [0.25, 0.3) is 10.0 Å². The topological polar surface area (TPSA) is 101 Å². The number of nitrogens with zero attached hydrogens (tertiary/aromatic N) is 1. The molecular weight excluding hydrogens is 307 g/mol. The normalized spacial score (nSPS) is 11.6. The van der Waals surface area contributed by atoms with Crippen molar-refractivity contribution in [1.29, 1.82) is 0 Å². The lowest BCUT2D eigenvalue weighted by molar-refractivity contribution is 0.597. The van der Waals surface area contributed by atoms with Gasteiger partial charge in [0.2, 0.25) is 0 Å². The zero-order valence-electron chi connectivity index (χ0n) is 10.4. The first-order valence-electron chi connectivity index (χ1n) is 5.57. The van der Waals surface area contributed by atoms with Crippen molar-refractivity contribution >= 4 is 27.3 Å². The molecule has 0 bridgehead atoms. The number of aromatic amines is 1. The standard InChI is InChI=1S/C11H12ClFN4O2S/c1-6-11(10(5-14)16-15-6)20(18,19)17-9-3-2-7(12)4-8(9)13/h2-4,17H,5,14H2,1H3,(H,15,16). The number of halogens is 2. The molecule has 0 aliphatic carbocycles. The first kappa shape index (κ1) is 14.8. The van der Waals surface area contributed by atoms with Crippen LogP contribution in [0.1, 0.15) is 11.4 Å². The fraction of sp³-hybridized carbons (Fsp3) is 0.182. The number of hydrogen-bond donors (Lipinski definition) is 3. The summed E-state index contributed by atoms with van der Waals surface area (Å²) in [6, 6.07) is 3.65. The number of nitrogens with two attached hydrogens (primary N) is 1. The van der Waals surface area contributed by atoms with E-state index in [1.54, 1.807) is 6.92 Å². The van der Waals surface area contributed by atoms with E-state index >= 15 is 0 Å². The maximum Gasteiger partial charge on any atom is 0.265 e. The van der Waals surface area contributed by atoms with E-state index in [1.807, 2.05) is 0 Å². The van der Waals surface area contributed by atoms with E-state index in [0.29, 0.717) is 5.69 Å². The molecule has 108 valence electrons. The minimum Gasteiger partial charge on any atom is -0.325 e. The van der Waals surface area contributed by atoms with Crippen LogP contribution >= 0.6 is 11.6 Å². The van der Waals surface area contributed by atoms with Crippen LogP contribution < -0.4 is 10.5 Å². The lowest BCUT2D eigenvalue weighted by atomic mass is 10.3. The van der Waals surface area contributed by atoms with E-state index in [4.69, 9.17) is 17.3 Å². The summed E-state index contributed by atoms with van der Waals surface area (Å²) in [7, 11) is -3.99. The van der Waals surface area contributed by atoms with Crippen molar-refractivity contribution in [3.8, 4) is 0 Å². The van der Waals surface area contributed by atoms with Gasteiger partial charge in [-0.25, -0.2) is 12.8 Å². The summed E-state index contributed by atoms with van der Waals surface area (Å²) in [5, 5.41) is 6.51. The minimum absolute atomic E-state index is 0.0519. The Morgan fingerprint density at radius 3 is 2.80 bits per heavy atom. The van der Waals surface area contributed by atoms with Gasteiger partial charge in [0, 0.05) is 11.6 Å². The second-order valence-corrected chi connectivity index (χ2v) is 6.11. The third-order valence-electron chi connectivity index (χ3n) is 2.60. The Morgan fingerprint density at radius 2 is 2.20 bits per heavy atom. The van der Waals surface area contributed by atoms with E-state index in [-0.39, 0.29) is 27.8 Å². The molecule has 0 unspecified atom stereocenters. The molecule has 1 heterocycles. The quantitative estimate of drug-likeness (QED) is 0.799. The maximum absolute atomic E-state index is 13.6. The molecular formula is C11H12ClFN4O2S. The zero-order chi connectivity index (χ0) is 14.9. The number of rotatable bonds is 4. The van der Waals surface area contributed by atoms with Gasteiger partial charge in [0.05, 0.1) is 17.1 Å². The number of anilines is 1. The molecule has 1 aromatic heterocycles. The van der Waals surface area contributed by atoms with Crippen LogP contribution in [0, 0.1) is 12.7 Å². The number of hydrogen-bond acceptors (Lipinski definition) is 4. The third kappa shape index (κ3) is 2.77. The minimum atomic E-state index is -3.99. The molecule has 0 aliphatic rings.